The van der Waals surface area contributed by atoms with Gasteiger partial charge in [-0.25, -0.2) is 0 Å². The highest BCUT2D eigenvalue weighted by atomic mass is 16.5. The molecule has 6 heteroatoms. The van der Waals surface area contributed by atoms with Gasteiger partial charge in [0.2, 0.25) is 0 Å². The van der Waals surface area contributed by atoms with Crippen molar-refractivity contribution in [2.45, 2.75) is 19.9 Å². The van der Waals surface area contributed by atoms with Gasteiger partial charge in [-0.1, -0.05) is 24.3 Å². The summed E-state index contributed by atoms with van der Waals surface area (Å²) in [4.78, 5) is 25.7. The third-order valence-electron chi connectivity index (χ3n) is 4.68. The molecule has 0 bridgehead atoms. The third-order valence-corrected chi connectivity index (χ3v) is 4.68. The Morgan fingerprint density at radius 2 is 1.77 bits per heavy atom. The van der Waals surface area contributed by atoms with Crippen LogP contribution in [0.3, 0.4) is 0 Å². The molecular formula is C24H24N2O4. The van der Waals surface area contributed by atoms with Gasteiger partial charge in [0.05, 0.1) is 19.4 Å². The van der Waals surface area contributed by atoms with E-state index in [1.807, 2.05) is 38.1 Å². The Bertz CT molecular complexity index is 1040. The highest BCUT2D eigenvalue weighted by molar-refractivity contribution is 6.05. The molecule has 0 aliphatic carbocycles. The van der Waals surface area contributed by atoms with Crippen molar-refractivity contribution in [1.82, 2.24) is 10.6 Å². The number of carbonyl (C=O) groups is 2. The highest BCUT2D eigenvalue weighted by Gasteiger charge is 2.18. The summed E-state index contributed by atoms with van der Waals surface area (Å²) in [6.07, 6.45) is 3.00. The molecule has 3 rings (SSSR count). The lowest BCUT2D eigenvalue weighted by Crippen LogP contribution is -2.36. The van der Waals surface area contributed by atoms with Crippen LogP contribution < -0.4 is 15.4 Å². The largest absolute Gasteiger partial charge is 0.497 e. The standard InChI is InChI=1S/C24H24N2O4/c1-16-7-4-5-9-21(16)17(2)25-24(28)22(15-20-8-6-14-30-20)26-23(27)18-10-12-19(29-3)13-11-18/h4-15,17H,1-3H3,(H,25,28)(H,26,27)/b22-15-. The molecule has 1 heterocycles. The maximum absolute atomic E-state index is 13.0. The van der Waals surface area contributed by atoms with Crippen molar-refractivity contribution in [3.8, 4) is 5.75 Å². The normalized spacial score (nSPS) is 12.2. The number of hydrogen-bond donors (Lipinski definition) is 2. The SMILES string of the molecule is COc1ccc(C(=O)N/C(=C\c2ccco2)C(=O)NC(C)c2ccccc2C)cc1. The number of ether oxygens (including phenoxy) is 1. The minimum absolute atomic E-state index is 0.0891. The second kappa shape index (κ2) is 9.60. The maximum atomic E-state index is 13.0. The molecule has 2 aromatic carbocycles. The topological polar surface area (TPSA) is 80.6 Å². The molecule has 0 radical (unpaired) electrons. The zero-order valence-corrected chi connectivity index (χ0v) is 17.1. The van der Waals surface area contributed by atoms with Crippen molar-refractivity contribution in [3.63, 3.8) is 0 Å². The number of methoxy groups -OCH3 is 1. The summed E-state index contributed by atoms with van der Waals surface area (Å²) >= 11 is 0. The van der Waals surface area contributed by atoms with Crippen molar-refractivity contribution < 1.29 is 18.7 Å². The summed E-state index contributed by atoms with van der Waals surface area (Å²) in [6, 6.07) is 17.6. The molecule has 2 amide bonds. The molecule has 154 valence electrons. The molecule has 30 heavy (non-hydrogen) atoms. The first-order valence-electron chi connectivity index (χ1n) is 9.55. The van der Waals surface area contributed by atoms with Gasteiger partial charge in [0.25, 0.3) is 11.8 Å². The van der Waals surface area contributed by atoms with Gasteiger partial charge in [0.15, 0.2) is 0 Å². The van der Waals surface area contributed by atoms with Gasteiger partial charge in [-0.15, -0.1) is 0 Å². The molecule has 1 aromatic heterocycles. The molecule has 0 fully saturated rings. The number of carbonyl (C=O) groups excluding carboxylic acids is 2. The Kier molecular flexibility index (Phi) is 6.70. The smallest absolute Gasteiger partial charge is 0.268 e. The van der Waals surface area contributed by atoms with E-state index in [2.05, 4.69) is 10.6 Å². The predicted octanol–water partition coefficient (Wildman–Crippen LogP) is 4.24. The molecule has 3 aromatic rings. The Hall–Kier alpha value is -3.80. The molecule has 0 aliphatic rings. The number of nitrogens with one attached hydrogen (secondary N) is 2. The highest BCUT2D eigenvalue weighted by Crippen LogP contribution is 2.18. The van der Waals surface area contributed by atoms with Crippen LogP contribution in [0.5, 0.6) is 5.75 Å². The number of rotatable bonds is 7. The molecule has 1 unspecified atom stereocenters. The predicted molar refractivity (Wildman–Crippen MR) is 115 cm³/mol. The van der Waals surface area contributed by atoms with Crippen LogP contribution in [0.15, 0.2) is 77.0 Å². The fraction of sp³-hybridized carbons (Fsp3) is 0.167. The summed E-state index contributed by atoms with van der Waals surface area (Å²) in [7, 11) is 1.55. The Morgan fingerprint density at radius 3 is 2.40 bits per heavy atom. The summed E-state index contributed by atoms with van der Waals surface area (Å²) in [5.74, 6) is 0.277. The first kappa shape index (κ1) is 20.9. The van der Waals surface area contributed by atoms with Gasteiger partial charge in [0.1, 0.15) is 17.2 Å². The van der Waals surface area contributed by atoms with E-state index in [9.17, 15) is 9.59 Å². The summed E-state index contributed by atoms with van der Waals surface area (Å²) in [5.41, 5.74) is 2.57. The van der Waals surface area contributed by atoms with E-state index in [1.165, 1.54) is 12.3 Å². The Morgan fingerprint density at radius 1 is 1.03 bits per heavy atom. The fourth-order valence-electron chi connectivity index (χ4n) is 3.04. The van der Waals surface area contributed by atoms with Gasteiger partial charge in [-0.05, 0) is 61.4 Å². The van der Waals surface area contributed by atoms with Gasteiger partial charge in [-0.2, -0.15) is 0 Å². The summed E-state index contributed by atoms with van der Waals surface area (Å²) < 4.78 is 10.4. The third kappa shape index (κ3) is 5.17. The van der Waals surface area contributed by atoms with Crippen LogP contribution in [0.25, 0.3) is 6.08 Å². The number of amides is 2. The second-order valence-electron chi connectivity index (χ2n) is 6.81. The lowest BCUT2D eigenvalue weighted by Gasteiger charge is -2.18. The van der Waals surface area contributed by atoms with Crippen LogP contribution in [0.4, 0.5) is 0 Å². The number of benzene rings is 2. The maximum Gasteiger partial charge on any atom is 0.268 e. The molecule has 1 atom stereocenters. The van der Waals surface area contributed by atoms with Crippen molar-refractivity contribution in [2.24, 2.45) is 0 Å². The molecule has 2 N–H and O–H groups in total. The van der Waals surface area contributed by atoms with E-state index < -0.39 is 11.8 Å². The minimum atomic E-state index is -0.413. The average molecular weight is 404 g/mol. The molecule has 0 saturated carbocycles. The summed E-state index contributed by atoms with van der Waals surface area (Å²) in [5, 5.41) is 5.63. The lowest BCUT2D eigenvalue weighted by molar-refractivity contribution is -0.118. The monoisotopic (exact) mass is 404 g/mol. The Labute approximate surface area is 175 Å². The minimum Gasteiger partial charge on any atom is -0.497 e. The van der Waals surface area contributed by atoms with Crippen LogP contribution in [-0.4, -0.2) is 18.9 Å². The van der Waals surface area contributed by atoms with Crippen molar-refractivity contribution in [3.05, 3.63) is 95.1 Å². The van der Waals surface area contributed by atoms with E-state index >= 15 is 0 Å². The Balaban J connectivity index is 1.80. The van der Waals surface area contributed by atoms with Gasteiger partial charge in [0, 0.05) is 11.6 Å². The molecule has 0 spiro atoms. The fourth-order valence-corrected chi connectivity index (χ4v) is 3.04. The number of aryl methyl sites for hydroxylation is 1. The van der Waals surface area contributed by atoms with Crippen LogP contribution in [0.1, 0.15) is 40.2 Å². The number of furan rings is 1. The van der Waals surface area contributed by atoms with E-state index in [1.54, 1.807) is 43.5 Å². The van der Waals surface area contributed by atoms with Gasteiger partial charge < -0.3 is 19.8 Å². The van der Waals surface area contributed by atoms with E-state index in [0.29, 0.717) is 17.1 Å². The van der Waals surface area contributed by atoms with Crippen molar-refractivity contribution in [2.75, 3.05) is 7.11 Å². The van der Waals surface area contributed by atoms with Crippen molar-refractivity contribution >= 4 is 17.9 Å². The van der Waals surface area contributed by atoms with E-state index in [4.69, 9.17) is 9.15 Å². The van der Waals surface area contributed by atoms with Crippen LogP contribution in [-0.2, 0) is 4.79 Å². The average Bonchev–Trinajstić information content (AvgIpc) is 3.26. The molecule has 6 nitrogen and oxygen atoms in total. The molecule has 0 aliphatic heterocycles. The van der Waals surface area contributed by atoms with Gasteiger partial charge in [-0.3, -0.25) is 9.59 Å². The van der Waals surface area contributed by atoms with Crippen LogP contribution in [0, 0.1) is 6.92 Å². The van der Waals surface area contributed by atoms with E-state index in [-0.39, 0.29) is 11.7 Å². The summed E-state index contributed by atoms with van der Waals surface area (Å²) in [6.45, 7) is 3.89. The van der Waals surface area contributed by atoms with Crippen molar-refractivity contribution in [1.29, 1.82) is 0 Å². The lowest BCUT2D eigenvalue weighted by atomic mass is 10.0. The first-order valence-corrected chi connectivity index (χ1v) is 9.55. The van der Waals surface area contributed by atoms with Gasteiger partial charge >= 0.3 is 0 Å². The molecule has 0 saturated heterocycles. The second-order valence-corrected chi connectivity index (χ2v) is 6.81. The van der Waals surface area contributed by atoms with Crippen LogP contribution >= 0.6 is 0 Å². The van der Waals surface area contributed by atoms with Crippen LogP contribution in [0.2, 0.25) is 0 Å². The molecular weight excluding hydrogens is 380 g/mol. The quantitative estimate of drug-likeness (QED) is 0.577. The first-order chi connectivity index (χ1) is 14.5. The zero-order valence-electron chi connectivity index (χ0n) is 17.1. The zero-order chi connectivity index (χ0) is 21.5. The van der Waals surface area contributed by atoms with E-state index in [0.717, 1.165) is 11.1 Å². The number of hydrogen-bond acceptors (Lipinski definition) is 4.